The van der Waals surface area contributed by atoms with E-state index in [1.54, 1.807) is 0 Å². The van der Waals surface area contributed by atoms with Gasteiger partial charge in [0.15, 0.2) is 0 Å². The van der Waals surface area contributed by atoms with Crippen molar-refractivity contribution in [2.45, 2.75) is 63.7 Å². The fraction of sp³-hybridized carbons (Fsp3) is 1.00. The number of ether oxygens (including phenoxy) is 2. The molecule has 2 saturated carbocycles. The van der Waals surface area contributed by atoms with Crippen molar-refractivity contribution in [2.24, 2.45) is 0 Å². The van der Waals surface area contributed by atoms with Gasteiger partial charge in [0.1, 0.15) is 0 Å². The van der Waals surface area contributed by atoms with Crippen molar-refractivity contribution in [1.29, 1.82) is 0 Å². The molecule has 0 amide bonds. The highest BCUT2D eigenvalue weighted by Gasteiger charge is 2.28. The predicted octanol–water partition coefficient (Wildman–Crippen LogP) is 2.10. The molecule has 2 aliphatic rings. The van der Waals surface area contributed by atoms with Gasteiger partial charge in [-0.05, 0) is 32.6 Å². The molecule has 0 aromatic heterocycles. The standard InChI is InChI=1S/C13H25NO2/c1-2-15-13-9-11(10-13)14-7-8-16-12-5-3-4-6-12/h11-14H,2-10H2,1H3. The average Bonchev–Trinajstić information content (AvgIpc) is 2.72. The van der Waals surface area contributed by atoms with E-state index in [0.29, 0.717) is 18.2 Å². The second-order valence-electron chi connectivity index (χ2n) is 4.98. The van der Waals surface area contributed by atoms with Crippen molar-refractivity contribution in [3.8, 4) is 0 Å². The molecule has 0 saturated heterocycles. The molecule has 0 aromatic rings. The second kappa shape index (κ2) is 6.58. The number of rotatable bonds is 7. The van der Waals surface area contributed by atoms with Crippen LogP contribution in [0.5, 0.6) is 0 Å². The maximum Gasteiger partial charge on any atom is 0.0604 e. The van der Waals surface area contributed by atoms with Crippen molar-refractivity contribution in [3.63, 3.8) is 0 Å². The highest BCUT2D eigenvalue weighted by atomic mass is 16.5. The summed E-state index contributed by atoms with van der Waals surface area (Å²) in [4.78, 5) is 0. The quantitative estimate of drug-likeness (QED) is 0.676. The van der Waals surface area contributed by atoms with Gasteiger partial charge in [0.05, 0.1) is 18.8 Å². The van der Waals surface area contributed by atoms with Crippen LogP contribution in [0, 0.1) is 0 Å². The van der Waals surface area contributed by atoms with Crippen LogP contribution in [0.15, 0.2) is 0 Å². The summed E-state index contributed by atoms with van der Waals surface area (Å²) in [6, 6.07) is 0.670. The van der Waals surface area contributed by atoms with E-state index in [1.165, 1.54) is 38.5 Å². The second-order valence-corrected chi connectivity index (χ2v) is 4.98. The Balaban J connectivity index is 1.41. The first-order chi connectivity index (χ1) is 7.88. The summed E-state index contributed by atoms with van der Waals surface area (Å²) in [5.41, 5.74) is 0. The van der Waals surface area contributed by atoms with Gasteiger partial charge >= 0.3 is 0 Å². The summed E-state index contributed by atoms with van der Waals surface area (Å²) >= 11 is 0. The molecule has 0 aromatic carbocycles. The van der Waals surface area contributed by atoms with Gasteiger partial charge in [0.25, 0.3) is 0 Å². The molecule has 0 radical (unpaired) electrons. The normalized spacial score (nSPS) is 30.6. The molecule has 0 unspecified atom stereocenters. The van der Waals surface area contributed by atoms with Gasteiger partial charge < -0.3 is 14.8 Å². The zero-order valence-corrected chi connectivity index (χ0v) is 10.4. The lowest BCUT2D eigenvalue weighted by Crippen LogP contribution is -2.46. The molecule has 0 aliphatic heterocycles. The van der Waals surface area contributed by atoms with Crippen LogP contribution in [0.1, 0.15) is 45.4 Å². The number of hydrogen-bond donors (Lipinski definition) is 1. The highest BCUT2D eigenvalue weighted by Crippen LogP contribution is 2.23. The van der Waals surface area contributed by atoms with Crippen LogP contribution in [0.3, 0.4) is 0 Å². The fourth-order valence-electron chi connectivity index (χ4n) is 2.65. The molecule has 16 heavy (non-hydrogen) atoms. The first-order valence-electron chi connectivity index (χ1n) is 6.85. The molecular weight excluding hydrogens is 202 g/mol. The summed E-state index contributed by atoms with van der Waals surface area (Å²) in [5, 5.41) is 3.53. The van der Waals surface area contributed by atoms with E-state index in [0.717, 1.165) is 19.8 Å². The van der Waals surface area contributed by atoms with Crippen molar-refractivity contribution >= 4 is 0 Å². The summed E-state index contributed by atoms with van der Waals surface area (Å²) in [5.74, 6) is 0. The Labute approximate surface area is 98.9 Å². The minimum Gasteiger partial charge on any atom is -0.378 e. The Bertz CT molecular complexity index is 186. The lowest BCUT2D eigenvalue weighted by molar-refractivity contribution is -0.0131. The number of hydrogen-bond acceptors (Lipinski definition) is 3. The molecule has 2 fully saturated rings. The molecule has 94 valence electrons. The molecule has 1 N–H and O–H groups in total. The lowest BCUT2D eigenvalue weighted by Gasteiger charge is -2.35. The molecule has 0 spiro atoms. The van der Waals surface area contributed by atoms with Crippen molar-refractivity contribution in [1.82, 2.24) is 5.32 Å². The third-order valence-electron chi connectivity index (χ3n) is 3.69. The van der Waals surface area contributed by atoms with Gasteiger partial charge in [-0.25, -0.2) is 0 Å². The van der Waals surface area contributed by atoms with Gasteiger partial charge in [0.2, 0.25) is 0 Å². The largest absolute Gasteiger partial charge is 0.378 e. The van der Waals surface area contributed by atoms with Crippen LogP contribution < -0.4 is 5.32 Å². The first-order valence-corrected chi connectivity index (χ1v) is 6.85. The van der Waals surface area contributed by atoms with E-state index in [1.807, 2.05) is 0 Å². The van der Waals surface area contributed by atoms with Gasteiger partial charge in [-0.2, -0.15) is 0 Å². The first kappa shape index (κ1) is 12.3. The van der Waals surface area contributed by atoms with Crippen molar-refractivity contribution < 1.29 is 9.47 Å². The Kier molecular flexibility index (Phi) is 5.07. The van der Waals surface area contributed by atoms with E-state index in [9.17, 15) is 0 Å². The molecular formula is C13H25NO2. The van der Waals surface area contributed by atoms with Gasteiger partial charge in [-0.1, -0.05) is 12.8 Å². The lowest BCUT2D eigenvalue weighted by atomic mass is 9.89. The van der Waals surface area contributed by atoms with Crippen molar-refractivity contribution in [3.05, 3.63) is 0 Å². The molecule has 2 aliphatic carbocycles. The van der Waals surface area contributed by atoms with Gasteiger partial charge in [-0.3, -0.25) is 0 Å². The molecule has 0 heterocycles. The average molecular weight is 227 g/mol. The molecule has 3 nitrogen and oxygen atoms in total. The Morgan fingerprint density at radius 2 is 1.81 bits per heavy atom. The van der Waals surface area contributed by atoms with Crippen LogP contribution in [0.2, 0.25) is 0 Å². The van der Waals surface area contributed by atoms with Crippen LogP contribution >= 0.6 is 0 Å². The monoisotopic (exact) mass is 227 g/mol. The Hall–Kier alpha value is -0.120. The van der Waals surface area contributed by atoms with Crippen LogP contribution in [-0.4, -0.2) is 38.0 Å². The van der Waals surface area contributed by atoms with Crippen molar-refractivity contribution in [2.75, 3.05) is 19.8 Å². The van der Waals surface area contributed by atoms with E-state index in [2.05, 4.69) is 12.2 Å². The van der Waals surface area contributed by atoms with Crippen LogP contribution in [0.4, 0.5) is 0 Å². The van der Waals surface area contributed by atoms with E-state index >= 15 is 0 Å². The SMILES string of the molecule is CCOC1CC(NCCOC2CCCC2)C1. The summed E-state index contributed by atoms with van der Waals surface area (Å²) in [6.45, 7) is 4.79. The van der Waals surface area contributed by atoms with Gasteiger partial charge in [0, 0.05) is 19.2 Å². The van der Waals surface area contributed by atoms with E-state index < -0.39 is 0 Å². The Morgan fingerprint density at radius 3 is 2.50 bits per heavy atom. The topological polar surface area (TPSA) is 30.5 Å². The van der Waals surface area contributed by atoms with E-state index in [-0.39, 0.29) is 0 Å². The summed E-state index contributed by atoms with van der Waals surface area (Å²) in [7, 11) is 0. The van der Waals surface area contributed by atoms with Crippen LogP contribution in [-0.2, 0) is 9.47 Å². The molecule has 2 rings (SSSR count). The third-order valence-corrected chi connectivity index (χ3v) is 3.69. The third kappa shape index (κ3) is 3.72. The maximum absolute atomic E-state index is 5.80. The van der Waals surface area contributed by atoms with Gasteiger partial charge in [-0.15, -0.1) is 0 Å². The molecule has 0 bridgehead atoms. The smallest absolute Gasteiger partial charge is 0.0604 e. The predicted molar refractivity (Wildman–Crippen MR) is 64.6 cm³/mol. The minimum absolute atomic E-state index is 0.512. The molecule has 3 heteroatoms. The highest BCUT2D eigenvalue weighted by molar-refractivity contribution is 4.85. The zero-order chi connectivity index (χ0) is 11.2. The summed E-state index contributed by atoms with van der Waals surface area (Å²) in [6.07, 6.45) is 8.69. The maximum atomic E-state index is 5.80. The fourth-order valence-corrected chi connectivity index (χ4v) is 2.65. The number of nitrogens with one attached hydrogen (secondary N) is 1. The summed E-state index contributed by atoms with van der Waals surface area (Å²) < 4.78 is 11.3. The van der Waals surface area contributed by atoms with E-state index in [4.69, 9.17) is 9.47 Å². The molecule has 0 atom stereocenters. The minimum atomic E-state index is 0.512. The zero-order valence-electron chi connectivity index (χ0n) is 10.4. The van der Waals surface area contributed by atoms with Crippen LogP contribution in [0.25, 0.3) is 0 Å². The Morgan fingerprint density at radius 1 is 1.06 bits per heavy atom.